The standard InChI is InChI=1S/C17H36O/c1-12(2)13(14(3,4)5)17(18,15(6,7)8)16(9,10)11/h12-13,18H,1-11H3. The zero-order chi connectivity index (χ0) is 15.2. The van der Waals surface area contributed by atoms with Gasteiger partial charge < -0.3 is 5.11 Å². The van der Waals surface area contributed by atoms with Gasteiger partial charge in [-0.25, -0.2) is 0 Å². The Hall–Kier alpha value is -0.0400. The zero-order valence-corrected chi connectivity index (χ0v) is 14.6. The summed E-state index contributed by atoms with van der Waals surface area (Å²) < 4.78 is 0. The molecule has 0 radical (unpaired) electrons. The summed E-state index contributed by atoms with van der Waals surface area (Å²) >= 11 is 0. The van der Waals surface area contributed by atoms with Crippen LogP contribution in [0.15, 0.2) is 0 Å². The Morgan fingerprint density at radius 3 is 1.00 bits per heavy atom. The van der Waals surface area contributed by atoms with Crippen molar-refractivity contribution >= 4 is 0 Å². The minimum atomic E-state index is -0.702. The quantitative estimate of drug-likeness (QED) is 0.726. The lowest BCUT2D eigenvalue weighted by Crippen LogP contribution is -2.62. The molecule has 0 saturated carbocycles. The van der Waals surface area contributed by atoms with Crippen molar-refractivity contribution in [3.63, 3.8) is 0 Å². The minimum Gasteiger partial charge on any atom is -0.388 e. The summed E-state index contributed by atoms with van der Waals surface area (Å²) in [5, 5.41) is 11.7. The van der Waals surface area contributed by atoms with E-state index >= 15 is 0 Å². The fraction of sp³-hybridized carbons (Fsp3) is 1.00. The van der Waals surface area contributed by atoms with Gasteiger partial charge in [0.15, 0.2) is 0 Å². The van der Waals surface area contributed by atoms with E-state index in [1.165, 1.54) is 0 Å². The lowest BCUT2D eigenvalue weighted by Gasteiger charge is -2.59. The van der Waals surface area contributed by atoms with Crippen LogP contribution in [0.1, 0.15) is 76.2 Å². The van der Waals surface area contributed by atoms with Gasteiger partial charge in [0.1, 0.15) is 0 Å². The van der Waals surface area contributed by atoms with Crippen molar-refractivity contribution in [2.75, 3.05) is 0 Å². The molecule has 0 heterocycles. The molecule has 0 spiro atoms. The van der Waals surface area contributed by atoms with E-state index in [-0.39, 0.29) is 22.2 Å². The van der Waals surface area contributed by atoms with Gasteiger partial charge in [0.2, 0.25) is 0 Å². The molecule has 0 fully saturated rings. The molecule has 18 heavy (non-hydrogen) atoms. The average Bonchev–Trinajstić information content (AvgIpc) is 1.95. The predicted molar refractivity (Wildman–Crippen MR) is 81.6 cm³/mol. The molecule has 1 N–H and O–H groups in total. The lowest BCUT2D eigenvalue weighted by atomic mass is 9.50. The largest absolute Gasteiger partial charge is 0.388 e. The van der Waals surface area contributed by atoms with E-state index in [2.05, 4.69) is 76.2 Å². The third-order valence-corrected chi connectivity index (χ3v) is 4.34. The molecule has 110 valence electrons. The van der Waals surface area contributed by atoms with Gasteiger partial charge in [-0.15, -0.1) is 0 Å². The van der Waals surface area contributed by atoms with Gasteiger partial charge in [0, 0.05) is 0 Å². The first kappa shape index (κ1) is 18.0. The summed E-state index contributed by atoms with van der Waals surface area (Å²) in [7, 11) is 0. The highest BCUT2D eigenvalue weighted by molar-refractivity contribution is 5.07. The van der Waals surface area contributed by atoms with E-state index in [9.17, 15) is 5.11 Å². The van der Waals surface area contributed by atoms with Crippen molar-refractivity contribution in [2.24, 2.45) is 28.1 Å². The van der Waals surface area contributed by atoms with E-state index in [4.69, 9.17) is 0 Å². The molecule has 1 unspecified atom stereocenters. The van der Waals surface area contributed by atoms with E-state index in [1.807, 2.05) is 0 Å². The van der Waals surface area contributed by atoms with E-state index in [0.717, 1.165) is 0 Å². The van der Waals surface area contributed by atoms with Crippen molar-refractivity contribution in [3.05, 3.63) is 0 Å². The predicted octanol–water partition coefficient (Wildman–Crippen LogP) is 5.13. The number of hydrogen-bond acceptors (Lipinski definition) is 1. The van der Waals surface area contributed by atoms with Crippen LogP contribution in [-0.2, 0) is 0 Å². The fourth-order valence-corrected chi connectivity index (χ4v) is 4.17. The molecule has 0 aromatic carbocycles. The van der Waals surface area contributed by atoms with Crippen molar-refractivity contribution in [2.45, 2.75) is 81.8 Å². The highest BCUT2D eigenvalue weighted by Gasteiger charge is 2.57. The second kappa shape index (κ2) is 4.81. The van der Waals surface area contributed by atoms with Crippen molar-refractivity contribution in [1.29, 1.82) is 0 Å². The maximum absolute atomic E-state index is 11.7. The van der Waals surface area contributed by atoms with Crippen LogP contribution in [0.3, 0.4) is 0 Å². The Morgan fingerprint density at radius 1 is 0.667 bits per heavy atom. The van der Waals surface area contributed by atoms with Crippen molar-refractivity contribution in [1.82, 2.24) is 0 Å². The molecule has 0 aromatic heterocycles. The molecule has 1 heteroatoms. The highest BCUT2D eigenvalue weighted by Crippen LogP contribution is 2.55. The molecular weight excluding hydrogens is 220 g/mol. The van der Waals surface area contributed by atoms with Crippen LogP contribution >= 0.6 is 0 Å². The van der Waals surface area contributed by atoms with Gasteiger partial charge in [-0.05, 0) is 28.1 Å². The number of rotatable bonds is 2. The first-order chi connectivity index (χ1) is 7.57. The van der Waals surface area contributed by atoms with Gasteiger partial charge in [-0.2, -0.15) is 0 Å². The van der Waals surface area contributed by atoms with Gasteiger partial charge in [0.05, 0.1) is 5.60 Å². The second-order valence-electron chi connectivity index (χ2n) is 9.35. The van der Waals surface area contributed by atoms with Crippen molar-refractivity contribution < 1.29 is 5.11 Å². The zero-order valence-electron chi connectivity index (χ0n) is 14.6. The smallest absolute Gasteiger partial charge is 0.0779 e. The first-order valence-corrected chi connectivity index (χ1v) is 7.29. The van der Waals surface area contributed by atoms with E-state index in [1.54, 1.807) is 0 Å². The Morgan fingerprint density at radius 2 is 0.944 bits per heavy atom. The second-order valence-corrected chi connectivity index (χ2v) is 9.35. The monoisotopic (exact) mass is 256 g/mol. The third kappa shape index (κ3) is 3.10. The van der Waals surface area contributed by atoms with Crippen molar-refractivity contribution in [3.8, 4) is 0 Å². The minimum absolute atomic E-state index is 0.0868. The van der Waals surface area contributed by atoms with Gasteiger partial charge in [-0.1, -0.05) is 76.2 Å². The molecule has 0 rings (SSSR count). The van der Waals surface area contributed by atoms with Crippen LogP contribution in [0.2, 0.25) is 0 Å². The van der Waals surface area contributed by atoms with Gasteiger partial charge in [0.25, 0.3) is 0 Å². The summed E-state index contributed by atoms with van der Waals surface area (Å²) in [6.07, 6.45) is 0. The SMILES string of the molecule is CC(C)C(C(C)(C)C)C(O)(C(C)(C)C)C(C)(C)C. The first-order valence-electron chi connectivity index (χ1n) is 7.29. The molecular formula is C17H36O. The highest BCUT2D eigenvalue weighted by atomic mass is 16.3. The molecule has 0 aliphatic rings. The van der Waals surface area contributed by atoms with Crippen LogP contribution in [-0.4, -0.2) is 10.7 Å². The summed E-state index contributed by atoms with van der Waals surface area (Å²) in [6, 6.07) is 0. The Balaban J connectivity index is 6.02. The molecule has 0 aromatic rings. The number of hydrogen-bond donors (Lipinski definition) is 1. The topological polar surface area (TPSA) is 20.2 Å². The van der Waals surface area contributed by atoms with Crippen LogP contribution in [0.4, 0.5) is 0 Å². The molecule has 0 bridgehead atoms. The Bertz CT molecular complexity index is 253. The normalized spacial score (nSPS) is 17.2. The summed E-state index contributed by atoms with van der Waals surface area (Å²) in [6.45, 7) is 24.2. The summed E-state index contributed by atoms with van der Waals surface area (Å²) in [4.78, 5) is 0. The lowest BCUT2D eigenvalue weighted by molar-refractivity contribution is -0.211. The summed E-state index contributed by atoms with van der Waals surface area (Å²) in [5.41, 5.74) is -0.906. The Kier molecular flexibility index (Phi) is 4.80. The average molecular weight is 256 g/mol. The maximum Gasteiger partial charge on any atom is 0.0779 e. The van der Waals surface area contributed by atoms with Gasteiger partial charge >= 0.3 is 0 Å². The maximum atomic E-state index is 11.7. The van der Waals surface area contributed by atoms with Gasteiger partial charge in [-0.3, -0.25) is 0 Å². The number of aliphatic hydroxyl groups is 1. The van der Waals surface area contributed by atoms with E-state index < -0.39 is 5.60 Å². The summed E-state index contributed by atoms with van der Waals surface area (Å²) in [5.74, 6) is 0.707. The molecule has 1 nitrogen and oxygen atoms in total. The molecule has 0 aliphatic carbocycles. The van der Waals surface area contributed by atoms with Crippen LogP contribution in [0.5, 0.6) is 0 Å². The molecule has 1 atom stereocenters. The van der Waals surface area contributed by atoms with Crippen LogP contribution in [0, 0.1) is 28.1 Å². The van der Waals surface area contributed by atoms with Crippen LogP contribution in [0.25, 0.3) is 0 Å². The molecule has 0 amide bonds. The third-order valence-electron chi connectivity index (χ3n) is 4.34. The molecule has 0 saturated heterocycles. The molecule has 0 aliphatic heterocycles. The van der Waals surface area contributed by atoms with E-state index in [0.29, 0.717) is 5.92 Å². The van der Waals surface area contributed by atoms with Crippen LogP contribution < -0.4 is 0 Å². The fourth-order valence-electron chi connectivity index (χ4n) is 4.17. The Labute approximate surface area is 115 Å².